The fourth-order valence-electron chi connectivity index (χ4n) is 2.43. The highest BCUT2D eigenvalue weighted by Gasteiger charge is 2.38. The van der Waals surface area contributed by atoms with Crippen molar-refractivity contribution in [3.8, 4) is 11.5 Å². The normalized spacial score (nSPS) is 17.3. The number of amides is 1. The van der Waals surface area contributed by atoms with Gasteiger partial charge in [0.15, 0.2) is 23.0 Å². The molecule has 0 saturated heterocycles. The Morgan fingerprint density at radius 3 is 2.74 bits per heavy atom. The van der Waals surface area contributed by atoms with Crippen LogP contribution in [0, 0.1) is 0 Å². The number of ether oxygens (including phenoxy) is 1. The molecule has 118 valence electrons. The van der Waals surface area contributed by atoms with Crippen molar-refractivity contribution in [3.05, 3.63) is 59.3 Å². The Morgan fingerprint density at radius 2 is 2.09 bits per heavy atom. The van der Waals surface area contributed by atoms with Gasteiger partial charge in [0.2, 0.25) is 5.78 Å². The predicted molar refractivity (Wildman–Crippen MR) is 78.2 cm³/mol. The van der Waals surface area contributed by atoms with E-state index in [0.29, 0.717) is 5.56 Å². The summed E-state index contributed by atoms with van der Waals surface area (Å²) in [4.78, 5) is 24.3. The fraction of sp³-hybridized carbons (Fsp3) is 0.125. The molecule has 23 heavy (non-hydrogen) atoms. The maximum atomic E-state index is 12.5. The molecule has 1 aliphatic heterocycles. The summed E-state index contributed by atoms with van der Waals surface area (Å²) >= 11 is 0. The number of nitrogens with one attached hydrogen (secondary N) is 1. The number of furan rings is 1. The number of aromatic hydroxyl groups is 1. The second-order valence-electron chi connectivity index (χ2n) is 4.91. The number of rotatable bonds is 4. The number of aliphatic hydroxyl groups is 1. The van der Waals surface area contributed by atoms with Crippen LogP contribution in [0.1, 0.15) is 22.2 Å². The lowest BCUT2D eigenvalue weighted by Crippen LogP contribution is -2.23. The SMILES string of the molecule is COc1cc(C2NC(=O)C(O)=C2C(=O)c2ccco2)ccc1O. The molecule has 1 unspecified atom stereocenters. The fourth-order valence-corrected chi connectivity index (χ4v) is 2.43. The smallest absolute Gasteiger partial charge is 0.287 e. The first-order valence-electron chi connectivity index (χ1n) is 6.72. The number of carbonyl (C=O) groups excluding carboxylic acids is 2. The number of hydrogen-bond acceptors (Lipinski definition) is 6. The standard InChI is InChI=1S/C16H13NO6/c1-22-11-7-8(4-5-9(11)18)13-12(15(20)16(21)17-13)14(19)10-3-2-6-23-10/h2-7,13,18,20H,1H3,(H,17,21). The first-order valence-corrected chi connectivity index (χ1v) is 6.72. The monoisotopic (exact) mass is 315 g/mol. The third-order valence-corrected chi connectivity index (χ3v) is 3.56. The van der Waals surface area contributed by atoms with E-state index in [2.05, 4.69) is 5.32 Å². The van der Waals surface area contributed by atoms with Gasteiger partial charge in [-0.25, -0.2) is 0 Å². The predicted octanol–water partition coefficient (Wildman–Crippen LogP) is 1.86. The molecule has 0 radical (unpaired) electrons. The number of phenolic OH excluding ortho intramolecular Hbond substituents is 1. The minimum atomic E-state index is -0.866. The summed E-state index contributed by atoms with van der Waals surface area (Å²) in [6.45, 7) is 0. The number of hydrogen-bond donors (Lipinski definition) is 3. The topological polar surface area (TPSA) is 109 Å². The van der Waals surface area contributed by atoms with E-state index in [1.54, 1.807) is 0 Å². The highest BCUT2D eigenvalue weighted by atomic mass is 16.5. The highest BCUT2D eigenvalue weighted by Crippen LogP contribution is 2.36. The first-order chi connectivity index (χ1) is 11.0. The average Bonchev–Trinajstić information content (AvgIpc) is 3.17. The molecule has 2 aromatic rings. The number of aliphatic hydroxyl groups excluding tert-OH is 1. The van der Waals surface area contributed by atoms with Crippen molar-refractivity contribution in [2.75, 3.05) is 7.11 Å². The minimum Gasteiger partial charge on any atom is -0.504 e. The largest absolute Gasteiger partial charge is 0.504 e. The van der Waals surface area contributed by atoms with Crippen molar-refractivity contribution >= 4 is 11.7 Å². The van der Waals surface area contributed by atoms with E-state index in [1.165, 1.54) is 43.7 Å². The molecular formula is C16H13NO6. The molecule has 0 spiro atoms. The molecule has 7 heteroatoms. The zero-order valence-electron chi connectivity index (χ0n) is 12.1. The van der Waals surface area contributed by atoms with Crippen LogP contribution in [0.5, 0.6) is 11.5 Å². The van der Waals surface area contributed by atoms with E-state index in [4.69, 9.17) is 9.15 Å². The van der Waals surface area contributed by atoms with Crippen molar-refractivity contribution in [1.29, 1.82) is 0 Å². The molecule has 3 rings (SSSR count). The lowest BCUT2D eigenvalue weighted by Gasteiger charge is -2.15. The van der Waals surface area contributed by atoms with E-state index in [1.807, 2.05) is 0 Å². The number of Topliss-reactive ketones (excluding diaryl/α,β-unsaturated/α-hetero) is 1. The van der Waals surface area contributed by atoms with Gasteiger partial charge in [-0.3, -0.25) is 9.59 Å². The van der Waals surface area contributed by atoms with Crippen LogP contribution < -0.4 is 10.1 Å². The Kier molecular flexibility index (Phi) is 3.53. The quantitative estimate of drug-likeness (QED) is 0.743. The van der Waals surface area contributed by atoms with Crippen LogP contribution in [0.25, 0.3) is 0 Å². The maximum Gasteiger partial charge on any atom is 0.287 e. The summed E-state index contributed by atoms with van der Waals surface area (Å²) in [7, 11) is 1.38. The van der Waals surface area contributed by atoms with Gasteiger partial charge in [-0.15, -0.1) is 0 Å². The molecule has 1 atom stereocenters. The maximum absolute atomic E-state index is 12.5. The summed E-state index contributed by atoms with van der Waals surface area (Å²) in [5, 5.41) is 22.1. The van der Waals surface area contributed by atoms with Crippen LogP contribution in [0.3, 0.4) is 0 Å². The van der Waals surface area contributed by atoms with Gasteiger partial charge < -0.3 is 24.7 Å². The zero-order chi connectivity index (χ0) is 16.6. The number of benzene rings is 1. The Morgan fingerprint density at radius 1 is 1.30 bits per heavy atom. The number of carbonyl (C=O) groups is 2. The molecule has 0 saturated carbocycles. The summed E-state index contributed by atoms with van der Waals surface area (Å²) in [6.07, 6.45) is 1.33. The van der Waals surface area contributed by atoms with Gasteiger partial charge in [-0.2, -0.15) is 0 Å². The molecule has 7 nitrogen and oxygen atoms in total. The van der Waals surface area contributed by atoms with Crippen LogP contribution in [-0.4, -0.2) is 29.0 Å². The Bertz CT molecular complexity index is 806. The van der Waals surface area contributed by atoms with Gasteiger partial charge >= 0.3 is 0 Å². The highest BCUT2D eigenvalue weighted by molar-refractivity contribution is 6.15. The molecule has 0 aliphatic carbocycles. The van der Waals surface area contributed by atoms with E-state index in [0.717, 1.165) is 0 Å². The molecule has 1 amide bonds. The average molecular weight is 315 g/mol. The molecule has 0 fully saturated rings. The molecule has 3 N–H and O–H groups in total. The van der Waals surface area contributed by atoms with Crippen molar-refractivity contribution in [2.45, 2.75) is 6.04 Å². The van der Waals surface area contributed by atoms with E-state index in [9.17, 15) is 19.8 Å². The van der Waals surface area contributed by atoms with E-state index >= 15 is 0 Å². The van der Waals surface area contributed by atoms with Crippen LogP contribution in [0.15, 0.2) is 52.3 Å². The first kappa shape index (κ1) is 14.7. The van der Waals surface area contributed by atoms with Gasteiger partial charge in [-0.1, -0.05) is 6.07 Å². The van der Waals surface area contributed by atoms with Gasteiger partial charge in [0.25, 0.3) is 5.91 Å². The van der Waals surface area contributed by atoms with Crippen LogP contribution in [0.4, 0.5) is 0 Å². The van der Waals surface area contributed by atoms with Crippen molar-refractivity contribution in [1.82, 2.24) is 5.32 Å². The van der Waals surface area contributed by atoms with Crippen LogP contribution in [-0.2, 0) is 4.79 Å². The van der Waals surface area contributed by atoms with Crippen LogP contribution in [0.2, 0.25) is 0 Å². The molecule has 1 aromatic carbocycles. The third kappa shape index (κ3) is 2.42. The number of phenols is 1. The summed E-state index contributed by atoms with van der Waals surface area (Å²) in [6, 6.07) is 6.50. The second kappa shape index (κ2) is 5.53. The minimum absolute atomic E-state index is 0.0128. The van der Waals surface area contributed by atoms with E-state index < -0.39 is 23.5 Å². The van der Waals surface area contributed by atoms with Gasteiger partial charge in [0, 0.05) is 0 Å². The second-order valence-corrected chi connectivity index (χ2v) is 4.91. The van der Waals surface area contributed by atoms with Crippen molar-refractivity contribution < 1.29 is 29.0 Å². The zero-order valence-corrected chi connectivity index (χ0v) is 12.1. The Labute approximate surface area is 130 Å². The number of methoxy groups -OCH3 is 1. The summed E-state index contributed by atoms with van der Waals surface area (Å²) < 4.78 is 10.1. The molecular weight excluding hydrogens is 302 g/mol. The lowest BCUT2D eigenvalue weighted by atomic mass is 9.95. The Hall–Kier alpha value is -3.22. The van der Waals surface area contributed by atoms with Crippen molar-refractivity contribution in [3.63, 3.8) is 0 Å². The molecule has 1 aliphatic rings. The van der Waals surface area contributed by atoms with Gasteiger partial charge in [-0.05, 0) is 29.8 Å². The van der Waals surface area contributed by atoms with Crippen molar-refractivity contribution in [2.24, 2.45) is 0 Å². The Balaban J connectivity index is 2.05. The third-order valence-electron chi connectivity index (χ3n) is 3.56. The molecule has 2 heterocycles. The number of ketones is 1. The summed E-state index contributed by atoms with van der Waals surface area (Å²) in [5.74, 6) is -1.87. The lowest BCUT2D eigenvalue weighted by molar-refractivity contribution is -0.119. The van der Waals surface area contributed by atoms with E-state index in [-0.39, 0.29) is 22.8 Å². The molecule has 0 bridgehead atoms. The molecule has 1 aromatic heterocycles. The van der Waals surface area contributed by atoms with Gasteiger partial charge in [0.05, 0.1) is 25.0 Å². The van der Waals surface area contributed by atoms with Gasteiger partial charge in [0.1, 0.15) is 0 Å². The summed E-state index contributed by atoms with van der Waals surface area (Å²) in [5.41, 5.74) is 0.365. The van der Waals surface area contributed by atoms with Crippen LogP contribution >= 0.6 is 0 Å².